The zero-order chi connectivity index (χ0) is 14.7. The van der Waals surface area contributed by atoms with E-state index in [0.29, 0.717) is 5.69 Å². The summed E-state index contributed by atoms with van der Waals surface area (Å²) < 4.78 is 0. The van der Waals surface area contributed by atoms with Crippen LogP contribution in [0, 0.1) is 0 Å². The Morgan fingerprint density at radius 1 is 1.00 bits per heavy atom. The number of anilines is 1. The molecule has 0 spiro atoms. The van der Waals surface area contributed by atoms with Gasteiger partial charge in [-0.25, -0.2) is 9.78 Å². The average Bonchev–Trinajstić information content (AvgIpc) is 2.38. The maximum atomic E-state index is 12.0. The molecule has 0 fully saturated rings. The number of benzene rings is 1. The molecule has 0 saturated carbocycles. The van der Waals surface area contributed by atoms with Crippen molar-refractivity contribution in [3.63, 3.8) is 0 Å². The van der Waals surface area contributed by atoms with Gasteiger partial charge in [-0.05, 0) is 36.4 Å². The number of carbonyl (C=O) groups is 2. The number of halogens is 2. The van der Waals surface area contributed by atoms with E-state index in [1.165, 1.54) is 36.4 Å². The van der Waals surface area contributed by atoms with Crippen LogP contribution in [0.2, 0.25) is 10.3 Å². The molecule has 1 aromatic heterocycles. The van der Waals surface area contributed by atoms with Crippen molar-refractivity contribution in [3.8, 4) is 0 Å². The quantitative estimate of drug-likeness (QED) is 0.852. The Morgan fingerprint density at radius 2 is 1.55 bits per heavy atom. The molecule has 20 heavy (non-hydrogen) atoms. The molecule has 2 aromatic rings. The Labute approximate surface area is 124 Å². The van der Waals surface area contributed by atoms with E-state index < -0.39 is 11.9 Å². The summed E-state index contributed by atoms with van der Waals surface area (Å²) in [5.41, 5.74) is 0.861. The van der Waals surface area contributed by atoms with Gasteiger partial charge in [0.15, 0.2) is 0 Å². The van der Waals surface area contributed by atoms with Gasteiger partial charge in [-0.1, -0.05) is 23.2 Å². The molecule has 0 atom stereocenters. The van der Waals surface area contributed by atoms with Crippen molar-refractivity contribution in [1.82, 2.24) is 4.98 Å². The lowest BCUT2D eigenvalue weighted by Gasteiger charge is -2.06. The van der Waals surface area contributed by atoms with Gasteiger partial charge < -0.3 is 10.4 Å². The molecule has 0 radical (unpaired) electrons. The minimum absolute atomic E-state index is 0.115. The van der Waals surface area contributed by atoms with Crippen LogP contribution in [-0.2, 0) is 0 Å². The number of rotatable bonds is 3. The van der Waals surface area contributed by atoms with Crippen molar-refractivity contribution in [3.05, 3.63) is 57.8 Å². The lowest BCUT2D eigenvalue weighted by Crippen LogP contribution is -2.12. The average molecular weight is 311 g/mol. The standard InChI is InChI=1S/C13H8Cl2N2O3/c14-10-5-8(6-11(15)17-10)12(18)16-9-3-1-7(2-4-9)13(19)20/h1-6H,(H,16,18)(H,19,20). The number of nitrogens with one attached hydrogen (secondary N) is 1. The van der Waals surface area contributed by atoms with E-state index in [1.807, 2.05) is 0 Å². The van der Waals surface area contributed by atoms with Crippen LogP contribution >= 0.6 is 23.2 Å². The van der Waals surface area contributed by atoms with E-state index in [-0.39, 0.29) is 21.4 Å². The highest BCUT2D eigenvalue weighted by Crippen LogP contribution is 2.17. The van der Waals surface area contributed by atoms with Gasteiger partial charge in [0.2, 0.25) is 0 Å². The van der Waals surface area contributed by atoms with Crippen molar-refractivity contribution in [1.29, 1.82) is 0 Å². The monoisotopic (exact) mass is 310 g/mol. The summed E-state index contributed by atoms with van der Waals surface area (Å²) in [5.74, 6) is -1.45. The summed E-state index contributed by atoms with van der Waals surface area (Å²) >= 11 is 11.4. The number of aromatic nitrogens is 1. The lowest BCUT2D eigenvalue weighted by atomic mass is 10.2. The largest absolute Gasteiger partial charge is 0.478 e. The summed E-state index contributed by atoms with van der Waals surface area (Å²) in [4.78, 5) is 26.4. The highest BCUT2D eigenvalue weighted by Gasteiger charge is 2.09. The summed E-state index contributed by atoms with van der Waals surface area (Å²) in [6, 6.07) is 8.54. The number of carboxylic acids is 1. The van der Waals surface area contributed by atoms with Gasteiger partial charge in [-0.15, -0.1) is 0 Å². The second-order valence-corrected chi connectivity index (χ2v) is 4.61. The van der Waals surface area contributed by atoms with E-state index >= 15 is 0 Å². The Kier molecular flexibility index (Phi) is 4.22. The molecule has 1 aromatic carbocycles. The molecular formula is C13H8Cl2N2O3. The molecule has 2 N–H and O–H groups in total. The second-order valence-electron chi connectivity index (χ2n) is 3.84. The van der Waals surface area contributed by atoms with E-state index in [9.17, 15) is 9.59 Å². The van der Waals surface area contributed by atoms with Crippen molar-refractivity contribution in [2.75, 3.05) is 5.32 Å². The number of amides is 1. The van der Waals surface area contributed by atoms with Gasteiger partial charge in [0.1, 0.15) is 10.3 Å². The topological polar surface area (TPSA) is 79.3 Å². The summed E-state index contributed by atoms with van der Waals surface area (Å²) in [5, 5.41) is 11.6. The van der Waals surface area contributed by atoms with Crippen LogP contribution in [0.3, 0.4) is 0 Å². The highest BCUT2D eigenvalue weighted by molar-refractivity contribution is 6.33. The maximum Gasteiger partial charge on any atom is 0.335 e. The van der Waals surface area contributed by atoms with Crippen LogP contribution < -0.4 is 5.32 Å². The third-order valence-corrected chi connectivity index (χ3v) is 2.80. The fourth-order valence-electron chi connectivity index (χ4n) is 1.50. The first-order valence-corrected chi connectivity index (χ1v) is 6.19. The Balaban J connectivity index is 2.16. The number of carboxylic acid groups (broad SMARTS) is 1. The molecule has 0 unspecified atom stereocenters. The molecule has 0 aliphatic carbocycles. The number of carbonyl (C=O) groups excluding carboxylic acids is 1. The van der Waals surface area contributed by atoms with Crippen LogP contribution in [0.4, 0.5) is 5.69 Å². The summed E-state index contributed by atoms with van der Waals surface area (Å²) in [6.45, 7) is 0. The Morgan fingerprint density at radius 3 is 2.05 bits per heavy atom. The first-order valence-electron chi connectivity index (χ1n) is 5.43. The SMILES string of the molecule is O=C(O)c1ccc(NC(=O)c2cc(Cl)nc(Cl)c2)cc1. The first kappa shape index (κ1) is 14.3. The molecule has 0 aliphatic rings. The molecule has 0 saturated heterocycles. The van der Waals surface area contributed by atoms with E-state index in [0.717, 1.165) is 0 Å². The first-order chi connectivity index (χ1) is 9.45. The second kappa shape index (κ2) is 5.90. The van der Waals surface area contributed by atoms with Gasteiger partial charge >= 0.3 is 5.97 Å². The van der Waals surface area contributed by atoms with Crippen LogP contribution in [0.15, 0.2) is 36.4 Å². The normalized spacial score (nSPS) is 10.1. The molecule has 0 bridgehead atoms. The van der Waals surface area contributed by atoms with Gasteiger partial charge in [-0.3, -0.25) is 4.79 Å². The maximum absolute atomic E-state index is 12.0. The third kappa shape index (κ3) is 3.46. The summed E-state index contributed by atoms with van der Waals surface area (Å²) in [7, 11) is 0. The van der Waals surface area contributed by atoms with Crippen molar-refractivity contribution >= 4 is 40.8 Å². The van der Waals surface area contributed by atoms with Crippen molar-refractivity contribution in [2.24, 2.45) is 0 Å². The number of hydrogen-bond acceptors (Lipinski definition) is 3. The lowest BCUT2D eigenvalue weighted by molar-refractivity contribution is 0.0696. The molecular weight excluding hydrogens is 303 g/mol. The Bertz CT molecular complexity index is 652. The molecule has 2 rings (SSSR count). The van der Waals surface area contributed by atoms with Crippen molar-refractivity contribution in [2.45, 2.75) is 0 Å². The van der Waals surface area contributed by atoms with E-state index in [2.05, 4.69) is 10.3 Å². The minimum Gasteiger partial charge on any atom is -0.478 e. The fraction of sp³-hybridized carbons (Fsp3) is 0. The predicted molar refractivity (Wildman–Crippen MR) is 75.6 cm³/mol. The fourth-order valence-corrected chi connectivity index (χ4v) is 1.96. The van der Waals surface area contributed by atoms with Gasteiger partial charge in [-0.2, -0.15) is 0 Å². The minimum atomic E-state index is -1.03. The Hall–Kier alpha value is -2.11. The van der Waals surface area contributed by atoms with Crippen LogP contribution in [0.5, 0.6) is 0 Å². The predicted octanol–water partition coefficient (Wildman–Crippen LogP) is 3.34. The molecule has 7 heteroatoms. The van der Waals surface area contributed by atoms with E-state index in [1.54, 1.807) is 0 Å². The number of hydrogen-bond donors (Lipinski definition) is 2. The van der Waals surface area contributed by atoms with Crippen LogP contribution in [0.1, 0.15) is 20.7 Å². The van der Waals surface area contributed by atoms with Gasteiger partial charge in [0.05, 0.1) is 5.56 Å². The molecule has 102 valence electrons. The van der Waals surface area contributed by atoms with Crippen molar-refractivity contribution < 1.29 is 14.7 Å². The van der Waals surface area contributed by atoms with Gasteiger partial charge in [0, 0.05) is 11.3 Å². The smallest absolute Gasteiger partial charge is 0.335 e. The van der Waals surface area contributed by atoms with Gasteiger partial charge in [0.25, 0.3) is 5.91 Å². The molecule has 0 aliphatic heterocycles. The third-order valence-electron chi connectivity index (χ3n) is 2.41. The van der Waals surface area contributed by atoms with Crippen LogP contribution in [-0.4, -0.2) is 22.0 Å². The number of aromatic carboxylic acids is 1. The van der Waals surface area contributed by atoms with Crippen LogP contribution in [0.25, 0.3) is 0 Å². The van der Waals surface area contributed by atoms with E-state index in [4.69, 9.17) is 28.3 Å². The summed E-state index contributed by atoms with van der Waals surface area (Å²) in [6.07, 6.45) is 0. The molecule has 1 heterocycles. The number of nitrogens with zero attached hydrogens (tertiary/aromatic N) is 1. The number of pyridine rings is 1. The molecule has 1 amide bonds. The molecule has 5 nitrogen and oxygen atoms in total. The zero-order valence-electron chi connectivity index (χ0n) is 9.93. The highest BCUT2D eigenvalue weighted by atomic mass is 35.5. The zero-order valence-corrected chi connectivity index (χ0v) is 11.4.